The lowest BCUT2D eigenvalue weighted by atomic mass is 9.80. The molecular weight excluding hydrogens is 604 g/mol. The molecule has 0 bridgehead atoms. The molecule has 3 rings (SSSR count). The fraction of sp³-hybridized carbons (Fsp3) is 0.561. The molecule has 0 amide bonds. The summed E-state index contributed by atoms with van der Waals surface area (Å²) >= 11 is 0. The summed E-state index contributed by atoms with van der Waals surface area (Å²) in [5.41, 5.74) is 2.50. The van der Waals surface area contributed by atoms with Gasteiger partial charge >= 0.3 is 0 Å². The lowest BCUT2D eigenvalue weighted by Gasteiger charge is -2.36. The van der Waals surface area contributed by atoms with Crippen LogP contribution in [0.4, 0.5) is 0 Å². The summed E-state index contributed by atoms with van der Waals surface area (Å²) in [5.74, 6) is 0. The highest BCUT2D eigenvalue weighted by atomic mass is 16.6. The third-order valence-electron chi connectivity index (χ3n) is 8.09. The molecule has 0 saturated heterocycles. The molecule has 0 aromatic heterocycles. The van der Waals surface area contributed by atoms with Crippen molar-refractivity contribution in [2.75, 3.05) is 85.9 Å². The maximum absolute atomic E-state index is 6.73. The highest BCUT2D eigenvalue weighted by molar-refractivity contribution is 5.47. The Labute approximate surface area is 290 Å². The first-order valence-corrected chi connectivity index (χ1v) is 18.1. The monoisotopic (exact) mass is 664 g/mol. The van der Waals surface area contributed by atoms with Crippen molar-refractivity contribution < 1.29 is 33.2 Å². The van der Waals surface area contributed by atoms with Crippen molar-refractivity contribution in [1.82, 2.24) is 0 Å². The van der Waals surface area contributed by atoms with Gasteiger partial charge in [0.1, 0.15) is 5.60 Å². The second-order valence-electron chi connectivity index (χ2n) is 11.8. The van der Waals surface area contributed by atoms with E-state index in [0.717, 1.165) is 29.7 Å². The molecule has 7 nitrogen and oxygen atoms in total. The zero-order valence-electron chi connectivity index (χ0n) is 29.4. The summed E-state index contributed by atoms with van der Waals surface area (Å²) in [5, 5.41) is 0. The second kappa shape index (κ2) is 27.2. The van der Waals surface area contributed by atoms with Gasteiger partial charge in [-0.05, 0) is 23.1 Å². The Bertz CT molecular complexity index is 1020. The number of rotatable bonds is 31. The zero-order chi connectivity index (χ0) is 33.6. The molecule has 0 saturated carbocycles. The van der Waals surface area contributed by atoms with Gasteiger partial charge in [-0.15, -0.1) is 0 Å². The van der Waals surface area contributed by atoms with Gasteiger partial charge < -0.3 is 33.2 Å². The first kappa shape index (κ1) is 39.8. The third kappa shape index (κ3) is 16.2. The standard InChI is InChI=1S/C41H60O7/c1-2-3-4-5-6-7-8-18-25-42-26-27-43-28-29-44-30-31-45-32-33-46-34-35-47-36-37-48-41(38-19-12-9-13-20-38,39-21-14-10-15-22-39)40-23-16-11-17-24-40/h9-17,19-24H,2-8,18,25-37H2,1H3. The molecule has 0 atom stereocenters. The molecular formula is C41H60O7. The summed E-state index contributed by atoms with van der Waals surface area (Å²) in [7, 11) is 0. The Kier molecular flexibility index (Phi) is 22.6. The van der Waals surface area contributed by atoms with Crippen LogP contribution in [0.25, 0.3) is 0 Å². The van der Waals surface area contributed by atoms with Gasteiger partial charge in [0.2, 0.25) is 0 Å². The van der Waals surface area contributed by atoms with Gasteiger partial charge in [-0.2, -0.15) is 0 Å². The van der Waals surface area contributed by atoms with Crippen LogP contribution in [0.1, 0.15) is 75.0 Å². The molecule has 0 aliphatic carbocycles. The van der Waals surface area contributed by atoms with Gasteiger partial charge in [0, 0.05) is 6.61 Å². The zero-order valence-corrected chi connectivity index (χ0v) is 29.4. The van der Waals surface area contributed by atoms with E-state index in [-0.39, 0.29) is 0 Å². The first-order chi connectivity index (χ1) is 23.9. The van der Waals surface area contributed by atoms with Crippen molar-refractivity contribution in [3.63, 3.8) is 0 Å². The quantitative estimate of drug-likeness (QED) is 0.0507. The molecule has 0 unspecified atom stereocenters. The van der Waals surface area contributed by atoms with Crippen LogP contribution in [0.2, 0.25) is 0 Å². The van der Waals surface area contributed by atoms with E-state index >= 15 is 0 Å². The van der Waals surface area contributed by atoms with Crippen LogP contribution < -0.4 is 0 Å². The van der Waals surface area contributed by atoms with Crippen molar-refractivity contribution in [3.05, 3.63) is 108 Å². The van der Waals surface area contributed by atoms with Crippen molar-refractivity contribution in [2.24, 2.45) is 0 Å². The number of hydrogen-bond donors (Lipinski definition) is 0. The minimum absolute atomic E-state index is 0.431. The van der Waals surface area contributed by atoms with Gasteiger partial charge in [-0.1, -0.05) is 143 Å². The van der Waals surface area contributed by atoms with Gasteiger partial charge in [0.25, 0.3) is 0 Å². The molecule has 0 aliphatic heterocycles. The Morgan fingerprint density at radius 2 is 0.625 bits per heavy atom. The number of hydrogen-bond acceptors (Lipinski definition) is 7. The summed E-state index contributed by atoms with van der Waals surface area (Å²) in [6, 6.07) is 31.1. The Balaban J connectivity index is 1.14. The average Bonchev–Trinajstić information content (AvgIpc) is 3.14. The second-order valence-corrected chi connectivity index (χ2v) is 11.8. The maximum Gasteiger partial charge on any atom is 0.143 e. The lowest BCUT2D eigenvalue weighted by molar-refractivity contribution is -0.0395. The van der Waals surface area contributed by atoms with Crippen LogP contribution in [0.3, 0.4) is 0 Å². The molecule has 0 N–H and O–H groups in total. The Hall–Kier alpha value is -2.62. The average molecular weight is 665 g/mol. The van der Waals surface area contributed by atoms with Gasteiger partial charge in [0.05, 0.1) is 79.3 Å². The topological polar surface area (TPSA) is 64.6 Å². The fourth-order valence-corrected chi connectivity index (χ4v) is 5.56. The van der Waals surface area contributed by atoms with Crippen molar-refractivity contribution in [1.29, 1.82) is 0 Å². The number of unbranched alkanes of at least 4 members (excludes halogenated alkanes) is 7. The molecule has 0 aliphatic rings. The first-order valence-electron chi connectivity index (χ1n) is 18.1. The molecule has 266 valence electrons. The highest BCUT2D eigenvalue weighted by Gasteiger charge is 2.37. The smallest absolute Gasteiger partial charge is 0.143 e. The van der Waals surface area contributed by atoms with E-state index in [1.54, 1.807) is 0 Å². The molecule has 0 spiro atoms. The van der Waals surface area contributed by atoms with Crippen LogP contribution in [0, 0.1) is 0 Å². The molecule has 3 aromatic carbocycles. The molecule has 0 heterocycles. The fourth-order valence-electron chi connectivity index (χ4n) is 5.56. The number of benzene rings is 3. The van der Waals surface area contributed by atoms with E-state index in [2.05, 4.69) is 79.7 Å². The van der Waals surface area contributed by atoms with Crippen LogP contribution in [0.15, 0.2) is 91.0 Å². The van der Waals surface area contributed by atoms with Crippen molar-refractivity contribution >= 4 is 0 Å². The molecule has 7 heteroatoms. The van der Waals surface area contributed by atoms with Crippen molar-refractivity contribution in [3.8, 4) is 0 Å². The van der Waals surface area contributed by atoms with E-state index in [1.807, 2.05) is 18.2 Å². The molecule has 0 radical (unpaired) electrons. The van der Waals surface area contributed by atoms with Gasteiger partial charge in [-0.25, -0.2) is 0 Å². The van der Waals surface area contributed by atoms with Crippen LogP contribution in [-0.2, 0) is 38.8 Å². The van der Waals surface area contributed by atoms with Crippen molar-refractivity contribution in [2.45, 2.75) is 63.9 Å². The predicted octanol–water partition coefficient (Wildman–Crippen LogP) is 8.24. The molecule has 0 fully saturated rings. The van der Waals surface area contributed by atoms with Crippen LogP contribution >= 0.6 is 0 Å². The van der Waals surface area contributed by atoms with E-state index in [0.29, 0.717) is 79.3 Å². The summed E-state index contributed by atoms with van der Waals surface area (Å²) < 4.78 is 40.6. The van der Waals surface area contributed by atoms with E-state index < -0.39 is 5.60 Å². The molecule has 48 heavy (non-hydrogen) atoms. The Morgan fingerprint density at radius 1 is 0.333 bits per heavy atom. The van der Waals surface area contributed by atoms with E-state index in [4.69, 9.17) is 33.2 Å². The van der Waals surface area contributed by atoms with E-state index in [1.165, 1.54) is 44.9 Å². The number of ether oxygens (including phenoxy) is 7. The highest BCUT2D eigenvalue weighted by Crippen LogP contribution is 2.40. The lowest BCUT2D eigenvalue weighted by Crippen LogP contribution is -2.34. The van der Waals surface area contributed by atoms with E-state index in [9.17, 15) is 0 Å². The minimum atomic E-state index is -0.737. The SMILES string of the molecule is CCCCCCCCCCOCCOCCOCCOCCOCCOCCOC(c1ccccc1)(c1ccccc1)c1ccccc1. The van der Waals surface area contributed by atoms with Gasteiger partial charge in [0.15, 0.2) is 0 Å². The minimum Gasteiger partial charge on any atom is -0.379 e. The van der Waals surface area contributed by atoms with Gasteiger partial charge in [-0.3, -0.25) is 0 Å². The molecule has 3 aromatic rings. The third-order valence-corrected chi connectivity index (χ3v) is 8.09. The van der Waals surface area contributed by atoms with Crippen LogP contribution in [0.5, 0.6) is 0 Å². The predicted molar refractivity (Wildman–Crippen MR) is 193 cm³/mol. The summed E-state index contributed by atoms with van der Waals surface area (Å²) in [6.45, 7) is 9.47. The summed E-state index contributed by atoms with van der Waals surface area (Å²) in [6.07, 6.45) is 10.5. The summed E-state index contributed by atoms with van der Waals surface area (Å²) in [4.78, 5) is 0. The maximum atomic E-state index is 6.73. The normalized spacial score (nSPS) is 11.7. The largest absolute Gasteiger partial charge is 0.379 e. The van der Waals surface area contributed by atoms with Crippen LogP contribution in [-0.4, -0.2) is 85.9 Å². The Morgan fingerprint density at radius 3 is 0.979 bits per heavy atom.